The van der Waals surface area contributed by atoms with Crippen LogP contribution in [0.2, 0.25) is 0 Å². The minimum atomic E-state index is -0.604. The molecule has 0 aromatic heterocycles. The molecule has 1 saturated heterocycles. The van der Waals surface area contributed by atoms with Crippen molar-refractivity contribution < 1.29 is 42.9 Å². The molecule has 0 saturated carbocycles. The van der Waals surface area contributed by atoms with E-state index < -0.39 is 12.1 Å². The van der Waals surface area contributed by atoms with Crippen molar-refractivity contribution >= 4 is 35.1 Å². The standard InChI is InChI=1S/C33H46ClN3O9/c1-4-41-22-43-28-18-25-17-27(36-45-21-31(39)37-15-7-6-8-16-37)14-10-13-26(35-30(38)20-34)12-9-11-24(3)46-33(40)32(25)29(19-28)44-23-42-5-2/h9-10,12,14,18-19,24,26H,4-8,11,13,15-17,20-23H2,1-3H3,(H,35,38)/b12-9+,14-10+,36-27+/t24-,26-/m1/s1. The molecule has 2 heterocycles. The van der Waals surface area contributed by atoms with E-state index in [0.29, 0.717) is 56.2 Å². The van der Waals surface area contributed by atoms with E-state index in [1.165, 1.54) is 0 Å². The monoisotopic (exact) mass is 663 g/mol. The van der Waals surface area contributed by atoms with E-state index >= 15 is 0 Å². The van der Waals surface area contributed by atoms with Crippen LogP contribution in [0.3, 0.4) is 0 Å². The second-order valence-corrected chi connectivity index (χ2v) is 11.0. The summed E-state index contributed by atoms with van der Waals surface area (Å²) in [6, 6.07) is 2.93. The van der Waals surface area contributed by atoms with Crippen molar-refractivity contribution in [3.63, 3.8) is 0 Å². The second-order valence-electron chi connectivity index (χ2n) is 10.8. The molecule has 2 atom stereocenters. The van der Waals surface area contributed by atoms with Gasteiger partial charge in [-0.1, -0.05) is 23.4 Å². The Bertz CT molecular complexity index is 1230. The summed E-state index contributed by atoms with van der Waals surface area (Å²) in [4.78, 5) is 45.9. The summed E-state index contributed by atoms with van der Waals surface area (Å²) in [6.07, 6.45) is 10.7. The van der Waals surface area contributed by atoms with Crippen molar-refractivity contribution in [1.29, 1.82) is 0 Å². The zero-order chi connectivity index (χ0) is 33.1. The first-order valence-corrected chi connectivity index (χ1v) is 16.3. The van der Waals surface area contributed by atoms with Crippen LogP contribution in [0.5, 0.6) is 11.5 Å². The fourth-order valence-corrected chi connectivity index (χ4v) is 4.90. The van der Waals surface area contributed by atoms with Gasteiger partial charge in [-0.25, -0.2) is 4.79 Å². The minimum absolute atomic E-state index is 0.00795. The van der Waals surface area contributed by atoms with Crippen LogP contribution in [-0.2, 0) is 35.1 Å². The van der Waals surface area contributed by atoms with Gasteiger partial charge in [0.1, 0.15) is 29.0 Å². The molecule has 3 rings (SSSR count). The number of amides is 2. The maximum atomic E-state index is 13.7. The molecule has 0 bridgehead atoms. The number of nitrogens with one attached hydrogen (secondary N) is 1. The Morgan fingerprint density at radius 1 is 1.04 bits per heavy atom. The number of rotatable bonds is 13. The Balaban J connectivity index is 2.02. The van der Waals surface area contributed by atoms with Crippen molar-refractivity contribution in [3.8, 4) is 11.5 Å². The van der Waals surface area contributed by atoms with Gasteiger partial charge in [-0.3, -0.25) is 9.59 Å². The molecule has 1 N–H and O–H groups in total. The first-order chi connectivity index (χ1) is 22.3. The Hall–Kier alpha value is -3.61. The highest BCUT2D eigenvalue weighted by molar-refractivity contribution is 6.27. The molecule has 2 amide bonds. The minimum Gasteiger partial charge on any atom is -0.467 e. The molecular weight excluding hydrogens is 618 g/mol. The summed E-state index contributed by atoms with van der Waals surface area (Å²) in [6.45, 7) is 7.41. The molecule has 46 heavy (non-hydrogen) atoms. The summed E-state index contributed by atoms with van der Waals surface area (Å²) in [7, 11) is 0. The highest BCUT2D eigenvalue weighted by atomic mass is 35.5. The molecule has 1 aromatic carbocycles. The number of hydrogen-bond acceptors (Lipinski definition) is 10. The fourth-order valence-electron chi connectivity index (χ4n) is 4.82. The zero-order valence-electron chi connectivity index (χ0n) is 27.0. The third-order valence-corrected chi connectivity index (χ3v) is 7.38. The Kier molecular flexibility index (Phi) is 16.4. The number of alkyl halides is 1. The smallest absolute Gasteiger partial charge is 0.342 e. The molecule has 12 nitrogen and oxygen atoms in total. The molecule has 2 aliphatic rings. The predicted molar refractivity (Wildman–Crippen MR) is 173 cm³/mol. The number of esters is 1. The lowest BCUT2D eigenvalue weighted by Gasteiger charge is -2.26. The number of allylic oxidation sites excluding steroid dienone is 1. The van der Waals surface area contributed by atoms with Crippen molar-refractivity contribution in [2.75, 3.05) is 52.4 Å². The van der Waals surface area contributed by atoms with Crippen molar-refractivity contribution in [2.24, 2.45) is 5.16 Å². The normalized spacial score (nSPS) is 21.3. The van der Waals surface area contributed by atoms with Crippen molar-refractivity contribution in [3.05, 3.63) is 47.6 Å². The number of halogens is 1. The number of cyclic esters (lactones) is 1. The van der Waals surface area contributed by atoms with Gasteiger partial charge >= 0.3 is 5.97 Å². The van der Waals surface area contributed by atoms with Crippen molar-refractivity contribution in [2.45, 2.75) is 71.4 Å². The topological polar surface area (TPSA) is 134 Å². The van der Waals surface area contributed by atoms with E-state index in [-0.39, 0.29) is 61.7 Å². The van der Waals surface area contributed by atoms with E-state index in [1.54, 1.807) is 30.0 Å². The fraction of sp³-hybridized carbons (Fsp3) is 0.576. The average Bonchev–Trinajstić information content (AvgIpc) is 3.04. The van der Waals surface area contributed by atoms with E-state index in [4.69, 9.17) is 40.1 Å². The van der Waals surface area contributed by atoms with Gasteiger partial charge in [0, 0.05) is 45.2 Å². The van der Waals surface area contributed by atoms with Crippen LogP contribution in [0.1, 0.15) is 68.8 Å². The number of fused-ring (bicyclic) bond motifs is 1. The number of carbonyl (C=O) groups excluding carboxylic acids is 3. The SMILES string of the molecule is CCOCOc1cc2c(c(OCOCC)c1)C(=O)O[C@H](C)C/C=C/[C@@H](NC(=O)CCl)C/C=C/C(=N\OCC(=O)N1CCCCC1)C2. The lowest BCUT2D eigenvalue weighted by molar-refractivity contribution is -0.137. The van der Waals surface area contributed by atoms with Crippen LogP contribution in [-0.4, -0.2) is 92.9 Å². The first-order valence-electron chi connectivity index (χ1n) is 15.8. The largest absolute Gasteiger partial charge is 0.467 e. The Labute approximate surface area is 276 Å². The van der Waals surface area contributed by atoms with Gasteiger partial charge in [0.25, 0.3) is 5.91 Å². The van der Waals surface area contributed by atoms with Crippen LogP contribution in [0.15, 0.2) is 41.6 Å². The van der Waals surface area contributed by atoms with Gasteiger partial charge in [-0.05, 0) is 64.2 Å². The second kappa shape index (κ2) is 20.5. The van der Waals surface area contributed by atoms with Crippen LogP contribution < -0.4 is 14.8 Å². The number of carbonyl (C=O) groups is 3. The van der Waals surface area contributed by atoms with E-state index in [1.807, 2.05) is 32.1 Å². The van der Waals surface area contributed by atoms with Crippen LogP contribution in [0.4, 0.5) is 0 Å². The van der Waals surface area contributed by atoms with E-state index in [9.17, 15) is 14.4 Å². The van der Waals surface area contributed by atoms with Gasteiger partial charge in [0.2, 0.25) is 5.91 Å². The number of nitrogens with zero attached hydrogens (tertiary/aromatic N) is 2. The number of ether oxygens (including phenoxy) is 5. The molecule has 0 aliphatic carbocycles. The van der Waals surface area contributed by atoms with Crippen molar-refractivity contribution in [1.82, 2.24) is 10.2 Å². The molecule has 0 spiro atoms. The molecule has 1 fully saturated rings. The zero-order valence-corrected chi connectivity index (χ0v) is 27.7. The van der Waals surface area contributed by atoms with E-state index in [2.05, 4.69) is 10.5 Å². The third-order valence-electron chi connectivity index (χ3n) is 7.14. The number of oxime groups is 1. The lowest BCUT2D eigenvalue weighted by Crippen LogP contribution is -2.37. The van der Waals surface area contributed by atoms with Gasteiger partial charge in [0.05, 0.1) is 11.8 Å². The first kappa shape index (κ1) is 36.9. The number of piperidine rings is 1. The summed E-state index contributed by atoms with van der Waals surface area (Å²) in [5.74, 6) is -0.618. The molecule has 13 heteroatoms. The number of benzene rings is 1. The average molecular weight is 664 g/mol. The molecule has 0 radical (unpaired) electrons. The van der Waals surface area contributed by atoms with Gasteiger partial charge in [0.15, 0.2) is 20.2 Å². The summed E-state index contributed by atoms with van der Waals surface area (Å²) in [5.41, 5.74) is 1.09. The summed E-state index contributed by atoms with van der Waals surface area (Å²) >= 11 is 5.73. The van der Waals surface area contributed by atoms with Gasteiger partial charge < -0.3 is 38.7 Å². The quantitative estimate of drug-likeness (QED) is 0.0807. The Morgan fingerprint density at radius 3 is 2.50 bits per heavy atom. The van der Waals surface area contributed by atoms with Crippen LogP contribution >= 0.6 is 11.6 Å². The molecule has 0 unspecified atom stereocenters. The molecule has 254 valence electrons. The number of hydrogen-bond donors (Lipinski definition) is 1. The Morgan fingerprint density at radius 2 is 1.78 bits per heavy atom. The maximum Gasteiger partial charge on any atom is 0.342 e. The summed E-state index contributed by atoms with van der Waals surface area (Å²) < 4.78 is 28.3. The predicted octanol–water partition coefficient (Wildman–Crippen LogP) is 4.53. The molecule has 1 aromatic rings. The van der Waals surface area contributed by atoms with E-state index in [0.717, 1.165) is 19.3 Å². The van der Waals surface area contributed by atoms with Gasteiger partial charge in [-0.15, -0.1) is 11.6 Å². The highest BCUT2D eigenvalue weighted by Crippen LogP contribution is 2.32. The molecular formula is C33H46ClN3O9. The van der Waals surface area contributed by atoms with Crippen LogP contribution in [0, 0.1) is 0 Å². The lowest BCUT2D eigenvalue weighted by atomic mass is 9.99. The third kappa shape index (κ3) is 12.6. The molecule has 2 aliphatic heterocycles. The summed E-state index contributed by atoms with van der Waals surface area (Å²) in [5, 5.41) is 7.18. The number of likely N-dealkylation sites (tertiary alicyclic amines) is 1. The van der Waals surface area contributed by atoms with Crippen LogP contribution in [0.25, 0.3) is 0 Å². The maximum absolute atomic E-state index is 13.7. The highest BCUT2D eigenvalue weighted by Gasteiger charge is 2.25. The van der Waals surface area contributed by atoms with Gasteiger partial charge in [-0.2, -0.15) is 0 Å².